The third-order valence-electron chi connectivity index (χ3n) is 8.95. The number of aromatic nitrogens is 3. The number of nitriles is 1. The number of Topliss-reactive ketones (excluding diaryl/α,β-unsaturated/α-hetero) is 1. The van der Waals surface area contributed by atoms with E-state index in [4.69, 9.17) is 24.5 Å². The molecule has 1 aliphatic heterocycles. The topological polar surface area (TPSA) is 102 Å². The summed E-state index contributed by atoms with van der Waals surface area (Å²) in [6, 6.07) is 18.5. The second-order valence-corrected chi connectivity index (χ2v) is 11.4. The molecule has 45 heavy (non-hydrogen) atoms. The van der Waals surface area contributed by atoms with Crippen molar-refractivity contribution in [3.8, 4) is 34.8 Å². The number of pyridine rings is 1. The highest BCUT2D eigenvalue weighted by Crippen LogP contribution is 2.32. The van der Waals surface area contributed by atoms with Gasteiger partial charge in [-0.3, -0.25) is 9.69 Å². The maximum absolute atomic E-state index is 12.1. The Morgan fingerprint density at radius 1 is 1.07 bits per heavy atom. The molecule has 2 aromatic heterocycles. The van der Waals surface area contributed by atoms with Crippen molar-refractivity contribution in [1.82, 2.24) is 19.7 Å². The summed E-state index contributed by atoms with van der Waals surface area (Å²) in [5.74, 6) is 0.668. The van der Waals surface area contributed by atoms with Crippen LogP contribution < -0.4 is 9.47 Å². The summed E-state index contributed by atoms with van der Waals surface area (Å²) in [4.78, 5) is 19.6. The fraction of sp³-hybridized carbons (Fsp3) is 0.389. The summed E-state index contributed by atoms with van der Waals surface area (Å²) in [6.45, 7) is 7.42. The molecule has 0 amide bonds. The zero-order valence-corrected chi connectivity index (χ0v) is 26.8. The Labute approximate surface area is 265 Å². The quantitative estimate of drug-likeness (QED) is 0.136. The molecule has 0 saturated carbocycles. The van der Waals surface area contributed by atoms with Crippen molar-refractivity contribution < 1.29 is 19.0 Å². The molecule has 234 valence electrons. The van der Waals surface area contributed by atoms with Gasteiger partial charge in [-0.2, -0.15) is 15.0 Å². The Kier molecular flexibility index (Phi) is 10.3. The fourth-order valence-electron chi connectivity index (χ4n) is 6.40. The van der Waals surface area contributed by atoms with Crippen molar-refractivity contribution >= 4 is 5.78 Å². The van der Waals surface area contributed by atoms with Crippen LogP contribution >= 0.6 is 0 Å². The van der Waals surface area contributed by atoms with Gasteiger partial charge in [0.05, 0.1) is 26.1 Å². The lowest BCUT2D eigenvalue weighted by Gasteiger charge is -2.36. The van der Waals surface area contributed by atoms with Crippen molar-refractivity contribution in [1.29, 1.82) is 5.26 Å². The highest BCUT2D eigenvalue weighted by molar-refractivity contribution is 6.09. The van der Waals surface area contributed by atoms with Gasteiger partial charge in [0.25, 0.3) is 5.78 Å². The molecule has 2 aromatic carbocycles. The Morgan fingerprint density at radius 2 is 1.87 bits per heavy atom. The number of hydrogen-bond donors (Lipinski definition) is 0. The molecule has 1 atom stereocenters. The highest BCUT2D eigenvalue weighted by atomic mass is 16.5. The van der Waals surface area contributed by atoms with Gasteiger partial charge in [0.1, 0.15) is 17.4 Å². The lowest BCUT2D eigenvalue weighted by atomic mass is 9.88. The number of aryl methyl sites for hydroxylation is 2. The van der Waals surface area contributed by atoms with E-state index in [-0.39, 0.29) is 11.4 Å². The average molecular weight is 608 g/mol. The van der Waals surface area contributed by atoms with Crippen molar-refractivity contribution in [2.75, 3.05) is 34.5 Å². The van der Waals surface area contributed by atoms with E-state index in [1.165, 1.54) is 40.2 Å². The Bertz CT molecular complexity index is 1710. The molecule has 0 saturated heterocycles. The first-order valence-corrected chi connectivity index (χ1v) is 15.5. The van der Waals surface area contributed by atoms with E-state index in [2.05, 4.69) is 42.0 Å². The summed E-state index contributed by atoms with van der Waals surface area (Å²) in [5.41, 5.74) is 8.67. The average Bonchev–Trinajstić information content (AvgIpc) is 3.52. The van der Waals surface area contributed by atoms with Crippen molar-refractivity contribution in [3.05, 3.63) is 88.1 Å². The van der Waals surface area contributed by atoms with Gasteiger partial charge < -0.3 is 14.2 Å². The second kappa shape index (κ2) is 14.5. The predicted octanol–water partition coefficient (Wildman–Crippen LogP) is 5.92. The van der Waals surface area contributed by atoms with Gasteiger partial charge in [-0.1, -0.05) is 31.2 Å². The van der Waals surface area contributed by atoms with E-state index in [0.717, 1.165) is 74.4 Å². The van der Waals surface area contributed by atoms with Crippen LogP contribution in [0, 0.1) is 18.3 Å². The standard InChI is InChI=1S/C36H41N5O4/c1-6-28(17-19-43-3)40-18-16-30-24(2)25(11-13-27(30)23-40)10-12-26-14-15-29(44-4)20-31(26)33-8-7-9-35(39-33)41-36(45-5)32(22-38-41)34(42)21-37/h7-9,11,13-15,20,22,28H,6,10,12,16-19,23H2,1-5H3. The monoisotopic (exact) mass is 607 g/mol. The van der Waals surface area contributed by atoms with Gasteiger partial charge in [-0.15, -0.1) is 0 Å². The number of carbonyl (C=O) groups excluding carboxylic acids is 1. The molecule has 0 spiro atoms. The maximum atomic E-state index is 12.1. The molecule has 5 rings (SSSR count). The first-order valence-electron chi connectivity index (χ1n) is 15.5. The molecule has 0 aliphatic carbocycles. The van der Waals surface area contributed by atoms with Crippen LogP contribution in [-0.2, 0) is 30.5 Å². The predicted molar refractivity (Wildman–Crippen MR) is 173 cm³/mol. The summed E-state index contributed by atoms with van der Waals surface area (Å²) in [7, 11) is 4.88. The molecule has 9 nitrogen and oxygen atoms in total. The minimum absolute atomic E-state index is 0.0960. The van der Waals surface area contributed by atoms with Crippen LogP contribution in [0.4, 0.5) is 0 Å². The zero-order valence-electron chi connectivity index (χ0n) is 26.8. The molecule has 1 aliphatic rings. The van der Waals surface area contributed by atoms with E-state index in [9.17, 15) is 4.79 Å². The number of ether oxygens (including phenoxy) is 3. The Balaban J connectivity index is 1.40. The van der Waals surface area contributed by atoms with Crippen LogP contribution in [0.1, 0.15) is 57.9 Å². The van der Waals surface area contributed by atoms with Crippen LogP contribution in [0.3, 0.4) is 0 Å². The molecule has 1 unspecified atom stereocenters. The normalized spacial score (nSPS) is 13.6. The lowest BCUT2D eigenvalue weighted by molar-refractivity contribution is 0.105. The number of benzene rings is 2. The van der Waals surface area contributed by atoms with Crippen LogP contribution in [0.25, 0.3) is 17.1 Å². The van der Waals surface area contributed by atoms with Gasteiger partial charge in [-0.05, 0) is 91.1 Å². The molecule has 0 radical (unpaired) electrons. The first-order chi connectivity index (χ1) is 21.9. The molecule has 4 aromatic rings. The molecule has 3 heterocycles. The third kappa shape index (κ3) is 6.77. The van der Waals surface area contributed by atoms with Gasteiger partial charge >= 0.3 is 0 Å². The number of hydrogen-bond acceptors (Lipinski definition) is 8. The number of fused-ring (bicyclic) bond motifs is 1. The van der Waals surface area contributed by atoms with E-state index in [1.54, 1.807) is 26.4 Å². The third-order valence-corrected chi connectivity index (χ3v) is 8.95. The van der Waals surface area contributed by atoms with Gasteiger partial charge in [-0.25, -0.2) is 4.98 Å². The number of ketones is 1. The zero-order chi connectivity index (χ0) is 31.9. The molecular formula is C36H41N5O4. The summed E-state index contributed by atoms with van der Waals surface area (Å²) >= 11 is 0. The van der Waals surface area contributed by atoms with E-state index < -0.39 is 5.78 Å². The summed E-state index contributed by atoms with van der Waals surface area (Å²) < 4.78 is 17.8. The van der Waals surface area contributed by atoms with E-state index >= 15 is 0 Å². The minimum Gasteiger partial charge on any atom is -0.497 e. The van der Waals surface area contributed by atoms with Crippen LogP contribution in [0.5, 0.6) is 11.6 Å². The summed E-state index contributed by atoms with van der Waals surface area (Å²) in [5, 5.41) is 13.4. The number of methoxy groups -OCH3 is 3. The minimum atomic E-state index is -0.716. The maximum Gasteiger partial charge on any atom is 0.269 e. The first kappa shape index (κ1) is 31.9. The van der Waals surface area contributed by atoms with Crippen molar-refractivity contribution in [2.45, 2.75) is 58.5 Å². The summed E-state index contributed by atoms with van der Waals surface area (Å²) in [6.07, 6.45) is 6.34. The highest BCUT2D eigenvalue weighted by Gasteiger charge is 2.24. The second-order valence-electron chi connectivity index (χ2n) is 11.4. The number of rotatable bonds is 13. The van der Waals surface area contributed by atoms with Crippen molar-refractivity contribution in [2.24, 2.45) is 0 Å². The molecule has 9 heteroatoms. The van der Waals surface area contributed by atoms with Crippen molar-refractivity contribution in [3.63, 3.8) is 0 Å². The van der Waals surface area contributed by atoms with E-state index in [1.807, 2.05) is 24.3 Å². The Hall–Kier alpha value is -4.52. The smallest absolute Gasteiger partial charge is 0.269 e. The van der Waals surface area contributed by atoms with Crippen LogP contribution in [-0.4, -0.2) is 66.0 Å². The SMILES string of the molecule is CCC(CCOC)N1CCc2c(ccc(CCc3ccc(OC)cc3-c3cccc(-n4ncc(C(=O)C#N)c4OC)n3)c2C)C1. The molecule has 0 bridgehead atoms. The van der Waals surface area contributed by atoms with Gasteiger partial charge in [0.15, 0.2) is 5.82 Å². The van der Waals surface area contributed by atoms with Gasteiger partial charge in [0, 0.05) is 38.4 Å². The van der Waals surface area contributed by atoms with E-state index in [0.29, 0.717) is 11.9 Å². The molecule has 0 fully saturated rings. The van der Waals surface area contributed by atoms with Gasteiger partial charge in [0.2, 0.25) is 5.88 Å². The largest absolute Gasteiger partial charge is 0.497 e. The number of nitrogens with zero attached hydrogens (tertiary/aromatic N) is 5. The lowest BCUT2D eigenvalue weighted by Crippen LogP contribution is -2.39. The van der Waals surface area contributed by atoms with Crippen LogP contribution in [0.15, 0.2) is 54.7 Å². The molecular weight excluding hydrogens is 566 g/mol. The van der Waals surface area contributed by atoms with Crippen LogP contribution in [0.2, 0.25) is 0 Å². The fourth-order valence-corrected chi connectivity index (χ4v) is 6.40. The molecule has 0 N–H and O–H groups in total. The number of carbonyl (C=O) groups is 1. The Morgan fingerprint density at radius 3 is 2.60 bits per heavy atom.